The SMILES string of the molecule is COC(=O)CCN(CC(C)C)C(=O)c1cccc(I)c1. The summed E-state index contributed by atoms with van der Waals surface area (Å²) in [6.07, 6.45) is 0.221. The van der Waals surface area contributed by atoms with Crippen LogP contribution in [0.4, 0.5) is 0 Å². The number of carbonyl (C=O) groups is 2. The summed E-state index contributed by atoms with van der Waals surface area (Å²) in [6.45, 7) is 5.11. The maximum atomic E-state index is 12.5. The highest BCUT2D eigenvalue weighted by molar-refractivity contribution is 14.1. The summed E-state index contributed by atoms with van der Waals surface area (Å²) in [7, 11) is 1.36. The normalized spacial score (nSPS) is 10.4. The van der Waals surface area contributed by atoms with Gasteiger partial charge in [0, 0.05) is 22.2 Å². The number of methoxy groups -OCH3 is 1. The molecule has 4 nitrogen and oxygen atoms in total. The molecule has 0 aliphatic heterocycles. The standard InChI is InChI=1S/C15H20INO3/c1-11(2)10-17(8-7-14(18)20-3)15(19)12-5-4-6-13(16)9-12/h4-6,9,11H,7-8,10H2,1-3H3. The number of amides is 1. The van der Waals surface area contributed by atoms with E-state index >= 15 is 0 Å². The number of ether oxygens (including phenoxy) is 1. The molecule has 5 heteroatoms. The monoisotopic (exact) mass is 389 g/mol. The van der Waals surface area contributed by atoms with E-state index < -0.39 is 0 Å². The van der Waals surface area contributed by atoms with Crippen molar-refractivity contribution in [2.24, 2.45) is 5.92 Å². The van der Waals surface area contributed by atoms with Gasteiger partial charge in [0.05, 0.1) is 13.5 Å². The van der Waals surface area contributed by atoms with Gasteiger partial charge in [-0.3, -0.25) is 9.59 Å². The topological polar surface area (TPSA) is 46.6 Å². The van der Waals surface area contributed by atoms with Crippen LogP contribution in [-0.4, -0.2) is 37.0 Å². The van der Waals surface area contributed by atoms with E-state index in [0.29, 0.717) is 24.6 Å². The van der Waals surface area contributed by atoms with Crippen molar-refractivity contribution in [3.05, 3.63) is 33.4 Å². The van der Waals surface area contributed by atoms with E-state index in [2.05, 4.69) is 27.3 Å². The summed E-state index contributed by atoms with van der Waals surface area (Å²) in [6, 6.07) is 7.46. The molecule has 0 aliphatic rings. The van der Waals surface area contributed by atoms with E-state index in [1.807, 2.05) is 32.0 Å². The maximum Gasteiger partial charge on any atom is 0.307 e. The first kappa shape index (κ1) is 16.9. The summed E-state index contributed by atoms with van der Waals surface area (Å²) >= 11 is 2.18. The summed E-state index contributed by atoms with van der Waals surface area (Å²) in [5.41, 5.74) is 0.655. The minimum absolute atomic E-state index is 0.0406. The molecule has 110 valence electrons. The van der Waals surface area contributed by atoms with E-state index in [4.69, 9.17) is 0 Å². The number of hydrogen-bond acceptors (Lipinski definition) is 3. The summed E-state index contributed by atoms with van der Waals surface area (Å²) in [4.78, 5) is 25.5. The number of benzene rings is 1. The molecule has 0 bridgehead atoms. The Hall–Kier alpha value is -1.11. The fourth-order valence-corrected chi connectivity index (χ4v) is 2.39. The highest BCUT2D eigenvalue weighted by Gasteiger charge is 2.18. The Morgan fingerprint density at radius 3 is 2.60 bits per heavy atom. The molecule has 1 amide bonds. The molecule has 0 saturated carbocycles. The van der Waals surface area contributed by atoms with Crippen LogP contribution in [0.5, 0.6) is 0 Å². The lowest BCUT2D eigenvalue weighted by Crippen LogP contribution is -2.36. The predicted octanol–water partition coefficient (Wildman–Crippen LogP) is 2.95. The lowest BCUT2D eigenvalue weighted by molar-refractivity contribution is -0.140. The van der Waals surface area contributed by atoms with Gasteiger partial charge in [0.25, 0.3) is 5.91 Å². The van der Waals surface area contributed by atoms with Crippen LogP contribution in [0.2, 0.25) is 0 Å². The minimum atomic E-state index is -0.297. The number of halogens is 1. The summed E-state index contributed by atoms with van der Waals surface area (Å²) < 4.78 is 5.65. The van der Waals surface area contributed by atoms with Crippen molar-refractivity contribution in [3.8, 4) is 0 Å². The molecule has 0 unspecified atom stereocenters. The molecule has 0 N–H and O–H groups in total. The Balaban J connectivity index is 2.81. The van der Waals surface area contributed by atoms with Gasteiger partial charge in [-0.1, -0.05) is 19.9 Å². The first-order chi connectivity index (χ1) is 9.43. The van der Waals surface area contributed by atoms with Crippen LogP contribution in [0.15, 0.2) is 24.3 Å². The third-order valence-corrected chi connectivity index (χ3v) is 3.43. The lowest BCUT2D eigenvalue weighted by atomic mass is 10.1. The predicted molar refractivity (Wildman–Crippen MR) is 86.5 cm³/mol. The van der Waals surface area contributed by atoms with E-state index in [1.165, 1.54) is 7.11 Å². The zero-order valence-electron chi connectivity index (χ0n) is 12.1. The largest absolute Gasteiger partial charge is 0.469 e. The third kappa shape index (κ3) is 5.48. The molecular weight excluding hydrogens is 369 g/mol. The highest BCUT2D eigenvalue weighted by atomic mass is 127. The second-order valence-corrected chi connectivity index (χ2v) is 6.23. The van der Waals surface area contributed by atoms with E-state index in [1.54, 1.807) is 11.0 Å². The molecule has 0 aliphatic carbocycles. The molecule has 0 heterocycles. The Bertz CT molecular complexity index is 474. The Morgan fingerprint density at radius 2 is 2.05 bits per heavy atom. The molecule has 0 atom stereocenters. The van der Waals surface area contributed by atoms with Crippen molar-refractivity contribution in [2.45, 2.75) is 20.3 Å². The second-order valence-electron chi connectivity index (χ2n) is 4.98. The van der Waals surface area contributed by atoms with Gasteiger partial charge in [0.1, 0.15) is 0 Å². The van der Waals surface area contributed by atoms with Crippen molar-refractivity contribution in [2.75, 3.05) is 20.2 Å². The van der Waals surface area contributed by atoms with Gasteiger partial charge >= 0.3 is 5.97 Å². The average Bonchev–Trinajstić information content (AvgIpc) is 2.41. The van der Waals surface area contributed by atoms with Crippen molar-refractivity contribution in [1.82, 2.24) is 4.90 Å². The second kappa shape index (κ2) is 8.24. The Morgan fingerprint density at radius 1 is 1.35 bits per heavy atom. The van der Waals surface area contributed by atoms with Crippen LogP contribution in [-0.2, 0) is 9.53 Å². The number of esters is 1. The van der Waals surface area contributed by atoms with Gasteiger partial charge in [0.15, 0.2) is 0 Å². The van der Waals surface area contributed by atoms with E-state index in [9.17, 15) is 9.59 Å². The summed E-state index contributed by atoms with van der Waals surface area (Å²) in [5.74, 6) is 0.00898. The highest BCUT2D eigenvalue weighted by Crippen LogP contribution is 2.12. The van der Waals surface area contributed by atoms with E-state index in [0.717, 1.165) is 3.57 Å². The molecule has 0 radical (unpaired) electrons. The first-order valence-electron chi connectivity index (χ1n) is 6.55. The first-order valence-corrected chi connectivity index (χ1v) is 7.63. The van der Waals surface area contributed by atoms with Crippen LogP contribution in [0.25, 0.3) is 0 Å². The van der Waals surface area contributed by atoms with Gasteiger partial charge in [-0.2, -0.15) is 0 Å². The molecule has 0 aromatic heterocycles. The zero-order valence-corrected chi connectivity index (χ0v) is 14.2. The van der Waals surface area contributed by atoms with Crippen LogP contribution in [0.3, 0.4) is 0 Å². The Labute approximate surface area is 133 Å². The van der Waals surface area contributed by atoms with Crippen molar-refractivity contribution in [1.29, 1.82) is 0 Å². The molecule has 0 fully saturated rings. The van der Waals surface area contributed by atoms with Gasteiger partial charge in [-0.15, -0.1) is 0 Å². The molecular formula is C15H20INO3. The Kier molecular flexibility index (Phi) is 6.98. The number of nitrogens with zero attached hydrogens (tertiary/aromatic N) is 1. The zero-order chi connectivity index (χ0) is 15.1. The van der Waals surface area contributed by atoms with Crippen molar-refractivity contribution < 1.29 is 14.3 Å². The van der Waals surface area contributed by atoms with E-state index in [-0.39, 0.29) is 18.3 Å². The number of rotatable bonds is 6. The molecule has 1 aromatic carbocycles. The molecule has 1 rings (SSSR count). The van der Waals surface area contributed by atoms with Crippen molar-refractivity contribution in [3.63, 3.8) is 0 Å². The fraction of sp³-hybridized carbons (Fsp3) is 0.467. The van der Waals surface area contributed by atoms with Crippen molar-refractivity contribution >= 4 is 34.5 Å². The van der Waals surface area contributed by atoms with Crippen LogP contribution in [0.1, 0.15) is 30.6 Å². The maximum absolute atomic E-state index is 12.5. The minimum Gasteiger partial charge on any atom is -0.469 e. The summed E-state index contributed by atoms with van der Waals surface area (Å²) in [5, 5.41) is 0. The number of hydrogen-bond donors (Lipinski definition) is 0. The smallest absolute Gasteiger partial charge is 0.307 e. The van der Waals surface area contributed by atoms with Crippen LogP contribution >= 0.6 is 22.6 Å². The van der Waals surface area contributed by atoms with Gasteiger partial charge in [-0.05, 0) is 46.7 Å². The average molecular weight is 389 g/mol. The van der Waals surface area contributed by atoms with Gasteiger partial charge in [-0.25, -0.2) is 0 Å². The van der Waals surface area contributed by atoms with Crippen LogP contribution in [0, 0.1) is 9.49 Å². The van der Waals surface area contributed by atoms with Crippen LogP contribution < -0.4 is 0 Å². The molecule has 0 spiro atoms. The molecule has 20 heavy (non-hydrogen) atoms. The quantitative estimate of drug-likeness (QED) is 0.555. The lowest BCUT2D eigenvalue weighted by Gasteiger charge is -2.24. The fourth-order valence-electron chi connectivity index (χ4n) is 1.85. The van der Waals surface area contributed by atoms with Gasteiger partial charge in [0.2, 0.25) is 0 Å². The van der Waals surface area contributed by atoms with Gasteiger partial charge < -0.3 is 9.64 Å². The number of carbonyl (C=O) groups excluding carboxylic acids is 2. The molecule has 0 saturated heterocycles. The third-order valence-electron chi connectivity index (χ3n) is 2.76. The molecule has 1 aromatic rings.